The molecule has 4 fully saturated rings. The average Bonchev–Trinajstić information content (AvgIpc) is 2.51. The predicted octanol–water partition coefficient (Wildman–Crippen LogP) is 3.32. The van der Waals surface area contributed by atoms with Crippen LogP contribution in [0.15, 0.2) is 0 Å². The zero-order chi connectivity index (χ0) is 8.29. The molecule has 0 spiro atoms. The second kappa shape index (κ2) is 2.27. The Bertz CT molecular complexity index is 184. The fraction of sp³-hybridized carbons (Fsp3) is 1.00. The highest BCUT2D eigenvalue weighted by Gasteiger charge is 2.73. The monoisotopic (exact) mass is 164 g/mol. The van der Waals surface area contributed by atoms with E-state index in [0.29, 0.717) is 0 Å². The Balaban J connectivity index is 0.000000231. The molecule has 0 saturated heterocycles. The first-order valence-corrected chi connectivity index (χ1v) is 5.97. The van der Waals surface area contributed by atoms with Crippen molar-refractivity contribution in [1.82, 2.24) is 0 Å². The molecule has 0 radical (unpaired) electrons. The van der Waals surface area contributed by atoms with E-state index in [4.69, 9.17) is 0 Å². The number of hydrogen-bond acceptors (Lipinski definition) is 0. The molecule has 4 aliphatic carbocycles. The molecule has 4 aliphatic rings. The minimum atomic E-state index is 1.24. The highest BCUT2D eigenvalue weighted by atomic mass is 14.8. The predicted molar refractivity (Wildman–Crippen MR) is 50.8 cm³/mol. The van der Waals surface area contributed by atoms with Crippen molar-refractivity contribution in [3.05, 3.63) is 0 Å². The van der Waals surface area contributed by atoms with Crippen molar-refractivity contribution in [1.29, 1.82) is 0 Å². The zero-order valence-electron chi connectivity index (χ0n) is 8.29. The molecule has 6 unspecified atom stereocenters. The fourth-order valence-corrected chi connectivity index (χ4v) is 4.71. The summed E-state index contributed by atoms with van der Waals surface area (Å²) in [5, 5.41) is 0. The van der Waals surface area contributed by atoms with Crippen LogP contribution in [0, 0.1) is 35.5 Å². The maximum atomic E-state index is 2.00. The molecule has 0 N–H and O–H groups in total. The van der Waals surface area contributed by atoms with Gasteiger partial charge in [0.15, 0.2) is 0 Å². The van der Waals surface area contributed by atoms with E-state index in [0.717, 1.165) is 0 Å². The van der Waals surface area contributed by atoms with Gasteiger partial charge in [0.2, 0.25) is 0 Å². The molecule has 0 heterocycles. The van der Waals surface area contributed by atoms with Gasteiger partial charge in [-0.2, -0.15) is 0 Å². The van der Waals surface area contributed by atoms with E-state index in [9.17, 15) is 0 Å². The first kappa shape index (κ1) is 7.41. The van der Waals surface area contributed by atoms with E-state index < -0.39 is 0 Å². The van der Waals surface area contributed by atoms with Crippen molar-refractivity contribution in [3.8, 4) is 0 Å². The van der Waals surface area contributed by atoms with E-state index in [1.54, 1.807) is 25.7 Å². The molecule has 4 rings (SSSR count). The van der Waals surface area contributed by atoms with Gasteiger partial charge < -0.3 is 0 Å². The van der Waals surface area contributed by atoms with Crippen LogP contribution < -0.4 is 0 Å². The summed E-state index contributed by atoms with van der Waals surface area (Å²) in [6.45, 7) is 4.00. The lowest BCUT2D eigenvalue weighted by atomic mass is 9.72. The molecule has 0 nitrogen and oxygen atoms in total. The summed E-state index contributed by atoms with van der Waals surface area (Å²) in [4.78, 5) is 0. The first-order valence-electron chi connectivity index (χ1n) is 5.97. The van der Waals surface area contributed by atoms with Crippen LogP contribution in [-0.2, 0) is 0 Å². The normalized spacial score (nSPS) is 62.5. The fourth-order valence-electron chi connectivity index (χ4n) is 4.71. The Morgan fingerprint density at radius 1 is 0.750 bits per heavy atom. The standard InChI is InChI=1S/C10H14.C2H6/c1-2-5-6(3-1)9-8-4-7(5)10(8)9;1-2/h5-10H,1-4H2;1-2H3. The van der Waals surface area contributed by atoms with Gasteiger partial charge in [0, 0.05) is 0 Å². The average molecular weight is 164 g/mol. The van der Waals surface area contributed by atoms with Crippen molar-refractivity contribution in [2.24, 2.45) is 35.5 Å². The van der Waals surface area contributed by atoms with E-state index in [1.807, 2.05) is 13.8 Å². The summed E-state index contributed by atoms with van der Waals surface area (Å²) >= 11 is 0. The van der Waals surface area contributed by atoms with Crippen molar-refractivity contribution in [2.45, 2.75) is 39.5 Å². The van der Waals surface area contributed by atoms with Gasteiger partial charge >= 0.3 is 0 Å². The Morgan fingerprint density at radius 2 is 1.42 bits per heavy atom. The van der Waals surface area contributed by atoms with E-state index >= 15 is 0 Å². The van der Waals surface area contributed by atoms with Crippen LogP contribution in [0.25, 0.3) is 0 Å². The highest BCUT2D eigenvalue weighted by Crippen LogP contribution is 2.79. The lowest BCUT2D eigenvalue weighted by Gasteiger charge is -2.33. The summed E-state index contributed by atoms with van der Waals surface area (Å²) in [5.74, 6) is 7.56. The molecule has 12 heavy (non-hydrogen) atoms. The minimum Gasteiger partial charge on any atom is -0.0683 e. The molecular formula is C12H20. The van der Waals surface area contributed by atoms with E-state index in [2.05, 4.69) is 0 Å². The van der Waals surface area contributed by atoms with Gasteiger partial charge in [-0.05, 0) is 54.8 Å². The van der Waals surface area contributed by atoms with Gasteiger partial charge in [0.1, 0.15) is 0 Å². The third-order valence-electron chi connectivity index (χ3n) is 5.00. The topological polar surface area (TPSA) is 0 Å². The molecule has 68 valence electrons. The Kier molecular flexibility index (Phi) is 1.40. The molecule has 6 atom stereocenters. The van der Waals surface area contributed by atoms with Crippen molar-refractivity contribution < 1.29 is 0 Å². The first-order chi connectivity index (χ1) is 5.97. The molecule has 0 aliphatic heterocycles. The van der Waals surface area contributed by atoms with Crippen LogP contribution >= 0.6 is 0 Å². The summed E-state index contributed by atoms with van der Waals surface area (Å²) < 4.78 is 0. The van der Waals surface area contributed by atoms with Crippen LogP contribution in [0.2, 0.25) is 0 Å². The molecule has 0 aromatic carbocycles. The third-order valence-corrected chi connectivity index (χ3v) is 5.00. The van der Waals surface area contributed by atoms with Crippen molar-refractivity contribution in [3.63, 3.8) is 0 Å². The molecule has 0 heteroatoms. The van der Waals surface area contributed by atoms with Crippen molar-refractivity contribution in [2.75, 3.05) is 0 Å². The Hall–Kier alpha value is 0. The van der Waals surface area contributed by atoms with Crippen LogP contribution in [0.3, 0.4) is 0 Å². The molecule has 4 saturated carbocycles. The Morgan fingerprint density at radius 3 is 2.17 bits per heavy atom. The number of rotatable bonds is 0. The number of fused-ring (bicyclic) bond motifs is 4. The Labute approximate surface area is 75.7 Å². The van der Waals surface area contributed by atoms with Crippen molar-refractivity contribution >= 4 is 0 Å². The smallest absolute Gasteiger partial charge is 0.0318 e. The molecule has 0 aromatic heterocycles. The van der Waals surface area contributed by atoms with Crippen LogP contribution in [0.5, 0.6) is 0 Å². The van der Waals surface area contributed by atoms with Gasteiger partial charge in [-0.15, -0.1) is 0 Å². The summed E-state index contributed by atoms with van der Waals surface area (Å²) in [7, 11) is 0. The molecule has 0 bridgehead atoms. The molecule has 0 aromatic rings. The lowest BCUT2D eigenvalue weighted by Crippen LogP contribution is -2.26. The summed E-state index contributed by atoms with van der Waals surface area (Å²) in [6.07, 6.45) is 6.44. The SMILES string of the molecule is C1CC2C(C1)C1C3CC2C31.CC. The van der Waals surface area contributed by atoms with Gasteiger partial charge in [-0.3, -0.25) is 0 Å². The van der Waals surface area contributed by atoms with Gasteiger partial charge in [0.05, 0.1) is 0 Å². The summed E-state index contributed by atoms with van der Waals surface area (Å²) in [5.41, 5.74) is 0. The largest absolute Gasteiger partial charge is 0.0683 e. The van der Waals surface area contributed by atoms with Crippen LogP contribution in [-0.4, -0.2) is 0 Å². The van der Waals surface area contributed by atoms with Gasteiger partial charge in [-0.1, -0.05) is 20.3 Å². The van der Waals surface area contributed by atoms with Gasteiger partial charge in [0.25, 0.3) is 0 Å². The third kappa shape index (κ3) is 0.625. The maximum absolute atomic E-state index is 2.00. The second-order valence-corrected chi connectivity index (χ2v) is 4.98. The second-order valence-electron chi connectivity index (χ2n) is 4.98. The quantitative estimate of drug-likeness (QED) is 0.515. The molecular weight excluding hydrogens is 144 g/mol. The minimum absolute atomic E-state index is 1.24. The van der Waals surface area contributed by atoms with E-state index in [-0.39, 0.29) is 0 Å². The highest BCUT2D eigenvalue weighted by molar-refractivity contribution is 5.21. The number of hydrogen-bond donors (Lipinski definition) is 0. The van der Waals surface area contributed by atoms with E-state index in [1.165, 1.54) is 35.5 Å². The summed E-state index contributed by atoms with van der Waals surface area (Å²) in [6, 6.07) is 0. The van der Waals surface area contributed by atoms with Gasteiger partial charge in [-0.25, -0.2) is 0 Å². The zero-order valence-corrected chi connectivity index (χ0v) is 8.29. The van der Waals surface area contributed by atoms with Crippen LogP contribution in [0.4, 0.5) is 0 Å². The lowest BCUT2D eigenvalue weighted by molar-refractivity contribution is 0.156. The molecule has 0 amide bonds. The van der Waals surface area contributed by atoms with Crippen LogP contribution in [0.1, 0.15) is 39.5 Å². The maximum Gasteiger partial charge on any atom is -0.0318 e.